The average Bonchev–Trinajstić information content (AvgIpc) is 3.36. The van der Waals surface area contributed by atoms with Crippen LogP contribution in [-0.4, -0.2) is 23.5 Å². The molecule has 1 aromatic heterocycles. The number of anilines is 1. The molecular weight excluding hydrogens is 304 g/mol. The zero-order valence-corrected chi connectivity index (χ0v) is 13.8. The number of fused-ring (bicyclic) bond motifs is 1. The minimum atomic E-state index is -0.271. The summed E-state index contributed by atoms with van der Waals surface area (Å²) in [6, 6.07) is 7.46. The Bertz CT molecular complexity index is 756. The van der Waals surface area contributed by atoms with Crippen molar-refractivity contribution in [2.75, 3.05) is 11.9 Å². The third-order valence-corrected chi connectivity index (χ3v) is 4.08. The molecule has 0 aliphatic heterocycles. The fraction of sp³-hybridized carbons (Fsp3) is 0.389. The number of hydrogen-bond donors (Lipinski definition) is 3. The van der Waals surface area contributed by atoms with Crippen molar-refractivity contribution < 1.29 is 9.59 Å². The van der Waals surface area contributed by atoms with Crippen molar-refractivity contribution in [3.63, 3.8) is 0 Å². The molecule has 0 radical (unpaired) electrons. The molecule has 1 aliphatic carbocycles. The third kappa shape index (κ3) is 4.22. The molecule has 3 N–H and O–H groups in total. The Balaban J connectivity index is 1.69. The maximum atomic E-state index is 11.9. The number of urea groups is 1. The van der Waals surface area contributed by atoms with Crippen LogP contribution >= 0.6 is 0 Å². The quantitative estimate of drug-likeness (QED) is 0.763. The Labute approximate surface area is 141 Å². The Morgan fingerprint density at radius 1 is 1.25 bits per heavy atom. The molecule has 0 spiro atoms. The first-order valence-corrected chi connectivity index (χ1v) is 8.35. The summed E-state index contributed by atoms with van der Waals surface area (Å²) in [4.78, 5) is 27.7. The van der Waals surface area contributed by atoms with Gasteiger partial charge in [0.2, 0.25) is 5.91 Å². The van der Waals surface area contributed by atoms with Gasteiger partial charge in [0.15, 0.2) is 0 Å². The zero-order valence-electron chi connectivity index (χ0n) is 13.8. The van der Waals surface area contributed by atoms with Gasteiger partial charge in [-0.15, -0.1) is 0 Å². The summed E-state index contributed by atoms with van der Waals surface area (Å²) < 4.78 is 0. The predicted octanol–water partition coefficient (Wildman–Crippen LogP) is 2.79. The Morgan fingerprint density at radius 2 is 2.08 bits per heavy atom. The van der Waals surface area contributed by atoms with Crippen molar-refractivity contribution >= 4 is 28.5 Å². The minimum absolute atomic E-state index is 0.108. The number of pyridine rings is 1. The van der Waals surface area contributed by atoms with Crippen LogP contribution in [0.15, 0.2) is 30.5 Å². The zero-order chi connectivity index (χ0) is 16.9. The van der Waals surface area contributed by atoms with Crippen molar-refractivity contribution in [2.45, 2.75) is 32.7 Å². The van der Waals surface area contributed by atoms with Crippen LogP contribution in [0, 0.1) is 5.92 Å². The van der Waals surface area contributed by atoms with Crippen LogP contribution in [0.5, 0.6) is 0 Å². The molecule has 0 atom stereocenters. The average molecular weight is 326 g/mol. The maximum Gasteiger partial charge on any atom is 0.320 e. The van der Waals surface area contributed by atoms with Crippen molar-refractivity contribution in [1.29, 1.82) is 0 Å². The van der Waals surface area contributed by atoms with Gasteiger partial charge in [-0.05, 0) is 42.7 Å². The number of benzene rings is 1. The Hall–Kier alpha value is -2.63. The fourth-order valence-corrected chi connectivity index (χ4v) is 2.63. The summed E-state index contributed by atoms with van der Waals surface area (Å²) in [6.07, 6.45) is 4.71. The van der Waals surface area contributed by atoms with Gasteiger partial charge in [0.25, 0.3) is 0 Å². The van der Waals surface area contributed by atoms with Gasteiger partial charge >= 0.3 is 6.03 Å². The molecule has 1 aliphatic rings. The molecule has 1 saturated carbocycles. The molecule has 1 aromatic carbocycles. The van der Waals surface area contributed by atoms with Gasteiger partial charge in [-0.3, -0.25) is 10.1 Å². The first kappa shape index (κ1) is 16.2. The number of carbonyl (C=O) groups excluding carboxylic acids is 2. The van der Waals surface area contributed by atoms with E-state index in [1.807, 2.05) is 31.2 Å². The van der Waals surface area contributed by atoms with Crippen LogP contribution in [0.2, 0.25) is 0 Å². The van der Waals surface area contributed by atoms with Crippen LogP contribution in [0.3, 0.4) is 0 Å². The molecule has 3 rings (SSSR count). The minimum Gasteiger partial charge on any atom is -0.352 e. The van der Waals surface area contributed by atoms with E-state index in [9.17, 15) is 9.59 Å². The van der Waals surface area contributed by atoms with E-state index in [2.05, 4.69) is 20.9 Å². The third-order valence-electron chi connectivity index (χ3n) is 4.08. The highest BCUT2D eigenvalue weighted by Gasteiger charge is 2.24. The van der Waals surface area contributed by atoms with E-state index in [-0.39, 0.29) is 11.9 Å². The predicted molar refractivity (Wildman–Crippen MR) is 93.6 cm³/mol. The maximum absolute atomic E-state index is 11.9. The summed E-state index contributed by atoms with van der Waals surface area (Å²) in [6.45, 7) is 2.91. The standard InChI is InChI=1S/C18H22N4O2/c1-2-19-18(24)22-16-9-13-4-3-5-14(15(13)11-20-16)10-21-17(23)8-12-6-7-12/h3-5,9,11-12H,2,6-8,10H2,1H3,(H,21,23)(H2,19,20,22,24). The lowest BCUT2D eigenvalue weighted by Gasteiger charge is -2.10. The van der Waals surface area contributed by atoms with Crippen LogP contribution in [-0.2, 0) is 11.3 Å². The van der Waals surface area contributed by atoms with Crippen LogP contribution < -0.4 is 16.0 Å². The van der Waals surface area contributed by atoms with Crippen molar-refractivity contribution in [3.8, 4) is 0 Å². The van der Waals surface area contributed by atoms with Gasteiger partial charge in [-0.2, -0.15) is 0 Å². The van der Waals surface area contributed by atoms with Crippen molar-refractivity contribution in [3.05, 3.63) is 36.0 Å². The first-order chi connectivity index (χ1) is 11.7. The molecule has 0 saturated heterocycles. The number of carbonyl (C=O) groups is 2. The SMILES string of the molecule is CCNC(=O)Nc1cc2cccc(CNC(=O)CC3CC3)c2cn1. The highest BCUT2D eigenvalue weighted by Crippen LogP contribution is 2.32. The molecule has 126 valence electrons. The van der Waals surface area contributed by atoms with Crippen LogP contribution in [0.1, 0.15) is 31.7 Å². The van der Waals surface area contributed by atoms with E-state index < -0.39 is 0 Å². The van der Waals surface area contributed by atoms with E-state index >= 15 is 0 Å². The monoisotopic (exact) mass is 326 g/mol. The Kier molecular flexibility index (Phi) is 4.93. The van der Waals surface area contributed by atoms with E-state index in [0.717, 1.165) is 16.3 Å². The lowest BCUT2D eigenvalue weighted by Crippen LogP contribution is -2.28. The number of hydrogen-bond acceptors (Lipinski definition) is 3. The van der Waals surface area contributed by atoms with Crippen molar-refractivity contribution in [2.24, 2.45) is 5.92 Å². The van der Waals surface area contributed by atoms with Gasteiger partial charge in [0.05, 0.1) is 0 Å². The lowest BCUT2D eigenvalue weighted by molar-refractivity contribution is -0.121. The normalized spacial score (nSPS) is 13.5. The summed E-state index contributed by atoms with van der Waals surface area (Å²) in [5.74, 6) is 1.20. The number of nitrogens with zero attached hydrogens (tertiary/aromatic N) is 1. The molecule has 6 heteroatoms. The molecule has 24 heavy (non-hydrogen) atoms. The second-order valence-electron chi connectivity index (χ2n) is 6.12. The molecule has 1 fully saturated rings. The first-order valence-electron chi connectivity index (χ1n) is 8.35. The molecule has 0 unspecified atom stereocenters. The van der Waals surface area contributed by atoms with Gasteiger partial charge in [-0.25, -0.2) is 9.78 Å². The second kappa shape index (κ2) is 7.29. The highest BCUT2D eigenvalue weighted by atomic mass is 16.2. The summed E-state index contributed by atoms with van der Waals surface area (Å²) >= 11 is 0. The molecule has 3 amide bonds. The van der Waals surface area contributed by atoms with Crippen molar-refractivity contribution in [1.82, 2.24) is 15.6 Å². The smallest absolute Gasteiger partial charge is 0.320 e. The molecule has 6 nitrogen and oxygen atoms in total. The van der Waals surface area contributed by atoms with E-state index in [1.54, 1.807) is 6.20 Å². The molecule has 0 bridgehead atoms. The number of amides is 3. The molecular formula is C18H22N4O2. The summed E-state index contributed by atoms with van der Waals surface area (Å²) in [7, 11) is 0. The fourth-order valence-electron chi connectivity index (χ4n) is 2.63. The van der Waals surface area contributed by atoms with Gasteiger partial charge in [0.1, 0.15) is 5.82 Å². The van der Waals surface area contributed by atoms with E-state index in [4.69, 9.17) is 0 Å². The van der Waals surface area contributed by atoms with Crippen LogP contribution in [0.4, 0.5) is 10.6 Å². The number of rotatable bonds is 6. The van der Waals surface area contributed by atoms with Gasteiger partial charge in [0, 0.05) is 31.1 Å². The van der Waals surface area contributed by atoms with E-state index in [1.165, 1.54) is 12.8 Å². The molecule has 1 heterocycles. The Morgan fingerprint density at radius 3 is 2.83 bits per heavy atom. The van der Waals surface area contributed by atoms with Gasteiger partial charge in [-0.1, -0.05) is 18.2 Å². The highest BCUT2D eigenvalue weighted by molar-refractivity contribution is 5.92. The summed E-state index contributed by atoms with van der Waals surface area (Å²) in [5, 5.41) is 10.3. The van der Waals surface area contributed by atoms with E-state index in [0.29, 0.717) is 31.2 Å². The topological polar surface area (TPSA) is 83.1 Å². The largest absolute Gasteiger partial charge is 0.352 e. The molecule has 2 aromatic rings. The number of nitrogens with one attached hydrogen (secondary N) is 3. The van der Waals surface area contributed by atoms with Gasteiger partial charge < -0.3 is 10.6 Å². The number of aromatic nitrogens is 1. The second-order valence-corrected chi connectivity index (χ2v) is 6.12. The van der Waals surface area contributed by atoms with Crippen LogP contribution in [0.25, 0.3) is 10.8 Å². The lowest BCUT2D eigenvalue weighted by atomic mass is 10.1. The summed E-state index contributed by atoms with van der Waals surface area (Å²) in [5.41, 5.74) is 1.02.